The average molecular weight is 419 g/mol. The molecule has 0 heterocycles. The molecule has 8 atom stereocenters. The Morgan fingerprint density at radius 2 is 1.97 bits per heavy atom. The molecule has 0 radical (unpaired) electrons. The molecule has 170 valence electrons. The van der Waals surface area contributed by atoms with Crippen molar-refractivity contribution >= 4 is 0 Å². The van der Waals surface area contributed by atoms with E-state index in [2.05, 4.69) is 51.7 Å². The molecule has 0 aromatic rings. The topological polar surface area (TPSA) is 29.5 Å². The lowest BCUT2D eigenvalue weighted by molar-refractivity contribution is -0.191. The van der Waals surface area contributed by atoms with Gasteiger partial charge in [0.15, 0.2) is 0 Å². The lowest BCUT2D eigenvalue weighted by Crippen LogP contribution is -2.53. The maximum atomic E-state index is 12.9. The summed E-state index contributed by atoms with van der Waals surface area (Å²) in [5.41, 5.74) is 2.69. The molecular formula is C27H43FO2. The molecule has 0 saturated heterocycles. The number of fused-ring (bicyclic) bond motifs is 5. The Labute approximate surface area is 183 Å². The van der Waals surface area contributed by atoms with Crippen LogP contribution in [0.4, 0.5) is 4.53 Å². The van der Waals surface area contributed by atoms with Crippen LogP contribution in [-0.4, -0.2) is 16.8 Å². The molecular weight excluding hydrogens is 375 g/mol. The first kappa shape index (κ1) is 22.5. The predicted octanol–water partition coefficient (Wildman–Crippen LogP) is 7.33. The number of hydrogen-bond donors (Lipinski definition) is 1. The van der Waals surface area contributed by atoms with Gasteiger partial charge in [0.1, 0.15) is 6.10 Å². The van der Waals surface area contributed by atoms with Gasteiger partial charge in [-0.05, 0) is 124 Å². The summed E-state index contributed by atoms with van der Waals surface area (Å²) in [5, 5.41) is 11.5. The SMILES string of the molecule is CC(C)=CCC[C@](C)(O)C1CCC2C3CC=C4CC(OF)CCC4(C)C3CCC21C. The summed E-state index contributed by atoms with van der Waals surface area (Å²) in [6.07, 6.45) is 15.1. The van der Waals surface area contributed by atoms with Crippen LogP contribution in [0.25, 0.3) is 0 Å². The van der Waals surface area contributed by atoms with Crippen molar-refractivity contribution < 1.29 is 14.6 Å². The molecule has 3 heteroatoms. The highest BCUT2D eigenvalue weighted by atomic mass is 19.3. The fourth-order valence-electron chi connectivity index (χ4n) is 8.55. The van der Waals surface area contributed by atoms with Crippen LogP contribution in [0.5, 0.6) is 0 Å². The van der Waals surface area contributed by atoms with Crippen molar-refractivity contribution in [3.05, 3.63) is 23.3 Å². The molecule has 0 aliphatic heterocycles. The molecule has 0 aromatic heterocycles. The van der Waals surface area contributed by atoms with Crippen LogP contribution in [0.2, 0.25) is 0 Å². The summed E-state index contributed by atoms with van der Waals surface area (Å²) in [7, 11) is 0. The van der Waals surface area contributed by atoms with Crippen LogP contribution >= 0.6 is 0 Å². The van der Waals surface area contributed by atoms with Gasteiger partial charge in [-0.25, -0.2) is 0 Å². The monoisotopic (exact) mass is 418 g/mol. The zero-order valence-electron chi connectivity index (χ0n) is 19.8. The van der Waals surface area contributed by atoms with E-state index in [1.807, 2.05) is 0 Å². The Balaban J connectivity index is 1.54. The summed E-state index contributed by atoms with van der Waals surface area (Å²) < 4.78 is 12.9. The lowest BCUT2D eigenvalue weighted by Gasteiger charge is -2.59. The number of hydrogen-bond acceptors (Lipinski definition) is 2. The Hall–Kier alpha value is -0.670. The van der Waals surface area contributed by atoms with E-state index in [9.17, 15) is 9.63 Å². The van der Waals surface area contributed by atoms with E-state index in [1.165, 1.54) is 30.4 Å². The molecule has 3 fully saturated rings. The third kappa shape index (κ3) is 3.62. The first-order valence-electron chi connectivity index (χ1n) is 12.4. The third-order valence-electron chi connectivity index (χ3n) is 10.1. The maximum Gasteiger partial charge on any atom is 0.102 e. The van der Waals surface area contributed by atoms with Gasteiger partial charge in [0.2, 0.25) is 0 Å². The summed E-state index contributed by atoms with van der Waals surface area (Å²) in [6.45, 7) is 11.3. The van der Waals surface area contributed by atoms with Gasteiger partial charge in [0.25, 0.3) is 0 Å². The minimum absolute atomic E-state index is 0.226. The van der Waals surface area contributed by atoms with Gasteiger partial charge in [-0.1, -0.05) is 37.1 Å². The molecule has 30 heavy (non-hydrogen) atoms. The van der Waals surface area contributed by atoms with Crippen LogP contribution in [0.15, 0.2) is 23.3 Å². The molecule has 1 N–H and O–H groups in total. The highest BCUT2D eigenvalue weighted by molar-refractivity contribution is 5.25. The third-order valence-corrected chi connectivity index (χ3v) is 10.1. The smallest absolute Gasteiger partial charge is 0.102 e. The van der Waals surface area contributed by atoms with E-state index in [4.69, 9.17) is 0 Å². The molecule has 4 rings (SSSR count). The number of rotatable bonds is 5. The Bertz CT molecular complexity index is 706. The Morgan fingerprint density at radius 1 is 1.20 bits per heavy atom. The minimum atomic E-state index is -0.585. The highest BCUT2D eigenvalue weighted by Crippen LogP contribution is 2.67. The molecule has 7 unspecified atom stereocenters. The lowest BCUT2D eigenvalue weighted by atomic mass is 9.46. The molecule has 4 aliphatic rings. The van der Waals surface area contributed by atoms with Crippen LogP contribution in [-0.2, 0) is 4.94 Å². The first-order chi connectivity index (χ1) is 14.1. The van der Waals surface area contributed by atoms with Crippen LogP contribution in [0.1, 0.15) is 98.8 Å². The number of allylic oxidation sites excluding steroid dienone is 3. The normalized spacial score (nSPS) is 44.9. The van der Waals surface area contributed by atoms with Gasteiger partial charge in [-0.15, -0.1) is 0 Å². The van der Waals surface area contributed by atoms with Crippen molar-refractivity contribution in [3.8, 4) is 0 Å². The van der Waals surface area contributed by atoms with E-state index in [0.717, 1.165) is 50.9 Å². The van der Waals surface area contributed by atoms with Gasteiger partial charge in [-0.2, -0.15) is 4.94 Å². The second kappa shape index (κ2) is 8.03. The fraction of sp³-hybridized carbons (Fsp3) is 0.852. The van der Waals surface area contributed by atoms with Crippen molar-refractivity contribution in [2.24, 2.45) is 34.5 Å². The van der Waals surface area contributed by atoms with E-state index < -0.39 is 5.60 Å². The predicted molar refractivity (Wildman–Crippen MR) is 120 cm³/mol. The number of aliphatic hydroxyl groups is 1. The summed E-state index contributed by atoms with van der Waals surface area (Å²) in [6, 6.07) is 0. The standard InChI is InChI=1S/C27H43FO2/c1-18(2)7-6-14-27(5,29)24-11-10-22-21-9-8-19-17-20(30-28)12-15-25(19,3)23(21)13-16-26(22,24)4/h7-8,20-24,29H,6,9-17H2,1-5H3/t20?,21?,22?,23?,24?,25?,26?,27-/m0/s1. The quantitative estimate of drug-likeness (QED) is 0.474. The van der Waals surface area contributed by atoms with Gasteiger partial charge in [0, 0.05) is 0 Å². The fourth-order valence-corrected chi connectivity index (χ4v) is 8.55. The van der Waals surface area contributed by atoms with E-state index in [0.29, 0.717) is 17.8 Å². The zero-order chi connectivity index (χ0) is 21.7. The zero-order valence-corrected chi connectivity index (χ0v) is 19.8. The van der Waals surface area contributed by atoms with E-state index in [-0.39, 0.29) is 16.9 Å². The second-order valence-corrected chi connectivity index (χ2v) is 12.1. The Kier molecular flexibility index (Phi) is 6.03. The van der Waals surface area contributed by atoms with Crippen molar-refractivity contribution in [1.82, 2.24) is 0 Å². The summed E-state index contributed by atoms with van der Waals surface area (Å²) in [4.78, 5) is 4.23. The van der Waals surface area contributed by atoms with Gasteiger partial charge >= 0.3 is 0 Å². The van der Waals surface area contributed by atoms with Crippen LogP contribution in [0.3, 0.4) is 0 Å². The largest absolute Gasteiger partial charge is 0.390 e. The summed E-state index contributed by atoms with van der Waals surface area (Å²) >= 11 is 0. The van der Waals surface area contributed by atoms with Crippen molar-refractivity contribution in [3.63, 3.8) is 0 Å². The molecule has 0 bridgehead atoms. The van der Waals surface area contributed by atoms with Gasteiger partial charge in [0.05, 0.1) is 5.60 Å². The van der Waals surface area contributed by atoms with Crippen LogP contribution in [0, 0.1) is 34.5 Å². The maximum absolute atomic E-state index is 12.9. The Morgan fingerprint density at radius 3 is 2.67 bits per heavy atom. The molecule has 2 nitrogen and oxygen atoms in total. The van der Waals surface area contributed by atoms with Crippen molar-refractivity contribution in [1.29, 1.82) is 0 Å². The molecule has 0 spiro atoms. The van der Waals surface area contributed by atoms with Crippen LogP contribution < -0.4 is 0 Å². The molecule has 3 saturated carbocycles. The van der Waals surface area contributed by atoms with Crippen molar-refractivity contribution in [2.75, 3.05) is 0 Å². The van der Waals surface area contributed by atoms with E-state index >= 15 is 0 Å². The average Bonchev–Trinajstić information content (AvgIpc) is 3.05. The first-order valence-corrected chi connectivity index (χ1v) is 12.4. The van der Waals surface area contributed by atoms with E-state index in [1.54, 1.807) is 0 Å². The van der Waals surface area contributed by atoms with Crippen molar-refractivity contribution in [2.45, 2.75) is 111 Å². The van der Waals surface area contributed by atoms with Gasteiger partial charge < -0.3 is 5.11 Å². The second-order valence-electron chi connectivity index (χ2n) is 12.1. The minimum Gasteiger partial charge on any atom is -0.390 e. The molecule has 0 amide bonds. The number of halogens is 1. The highest BCUT2D eigenvalue weighted by Gasteiger charge is 2.61. The molecule has 0 aromatic carbocycles. The molecule has 4 aliphatic carbocycles. The van der Waals surface area contributed by atoms with Gasteiger partial charge in [-0.3, -0.25) is 0 Å². The summed E-state index contributed by atoms with van der Waals surface area (Å²) in [5.74, 6) is 2.54.